The fourth-order valence-corrected chi connectivity index (χ4v) is 12.1. The molecule has 0 saturated carbocycles. The van der Waals surface area contributed by atoms with Crippen LogP contribution >= 0.6 is 0 Å². The number of carboxylic acids is 2. The zero-order valence-electron chi connectivity index (χ0n) is 61.5. The van der Waals surface area contributed by atoms with Crippen molar-refractivity contribution < 1.29 is 56.7 Å². The molecule has 4 aromatic rings. The van der Waals surface area contributed by atoms with Crippen molar-refractivity contribution in [1.29, 1.82) is 0 Å². The number of phenolic OH excluding ortho intramolecular Hbond substituents is 2. The van der Waals surface area contributed by atoms with Crippen LogP contribution in [0.5, 0.6) is 23.0 Å². The SMILES string of the molecule is CCCCCCCCCCCCCCCCCCCC#CCCc1ccccc1N=C(CCCC)C(CCCC)=Nc1ccccc1CCC#CCCCCCCCCCCCCCCCCCCC.CCc1ccc(O)c(O)c1C(=O)[O-].CCc1ccc(O)c(O)c1C(=O)[O-].[Ni+2]. The first-order chi connectivity index (χ1) is 46.9. The van der Waals surface area contributed by atoms with Crippen LogP contribution in [0.25, 0.3) is 0 Å². The molecule has 0 aliphatic carbocycles. The zero-order chi connectivity index (χ0) is 69.9. The molecule has 0 unspecified atom stereocenters. The molecule has 0 spiro atoms. The van der Waals surface area contributed by atoms with E-state index in [0.29, 0.717) is 24.0 Å². The quantitative estimate of drug-likeness (QED) is 0.0111. The van der Waals surface area contributed by atoms with Gasteiger partial charge in [0, 0.05) is 36.8 Å². The van der Waals surface area contributed by atoms with E-state index < -0.39 is 34.9 Å². The number of carbonyl (C=O) groups is 2. The number of rotatable bonds is 51. The average Bonchev–Trinajstić information content (AvgIpc) is 0.877. The van der Waals surface area contributed by atoms with E-state index in [1.54, 1.807) is 13.8 Å². The summed E-state index contributed by atoms with van der Waals surface area (Å²) < 4.78 is 0. The van der Waals surface area contributed by atoms with Crippen LogP contribution in [0.2, 0.25) is 0 Å². The molecule has 10 nitrogen and oxygen atoms in total. The van der Waals surface area contributed by atoms with Crippen molar-refractivity contribution in [2.24, 2.45) is 9.98 Å². The Bertz CT molecular complexity index is 2680. The molecule has 4 aromatic carbocycles. The zero-order valence-corrected chi connectivity index (χ0v) is 62.5. The van der Waals surface area contributed by atoms with Gasteiger partial charge in [-0.25, -0.2) is 0 Å². The van der Waals surface area contributed by atoms with Crippen molar-refractivity contribution in [3.05, 3.63) is 106 Å². The molecule has 0 amide bonds. The molecule has 4 rings (SSSR count). The predicted molar refractivity (Wildman–Crippen MR) is 403 cm³/mol. The summed E-state index contributed by atoms with van der Waals surface area (Å²) in [6.07, 6.45) is 61.1. The molecule has 0 radical (unpaired) electrons. The number of unbranched alkanes of at least 4 members (excludes halogenated alkanes) is 36. The van der Waals surface area contributed by atoms with E-state index in [2.05, 4.69) is 99.9 Å². The molecule has 4 N–H and O–H groups in total. The van der Waals surface area contributed by atoms with Crippen LogP contribution in [0, 0.1) is 23.7 Å². The van der Waals surface area contributed by atoms with Crippen LogP contribution in [0.1, 0.15) is 367 Å². The Hall–Kier alpha value is -6.03. The van der Waals surface area contributed by atoms with Crippen LogP contribution in [0.3, 0.4) is 0 Å². The van der Waals surface area contributed by atoms with E-state index in [4.69, 9.17) is 20.2 Å². The van der Waals surface area contributed by atoms with E-state index in [-0.39, 0.29) is 27.6 Å². The summed E-state index contributed by atoms with van der Waals surface area (Å²) >= 11 is 0. The standard InChI is InChI=1S/C68H112N2.2C9H10O4.Ni/c1-5-9-13-15-17-19-21-23-25-27-29-31-33-35-37-39-41-43-45-47-49-55-63-57-51-53-61-65(63)69-67(59-11-7-3)68(60-12-8-4)70-66-62-54-52-58-64(66)56-50-48-46-44-42-40-38-36-34-32-30-28-26-24-22-20-18-16-14-10-6-2;2*1-2-5-3-4-6(10)8(11)7(5)9(12)13;/h51-54,57-58,61-62H,5-44,49-50,55-56,59-60H2,1-4H3;2*3-4,10-11H,2H2,1H3,(H,12,13);/q;;;+2/p-2. The second-order valence-corrected chi connectivity index (χ2v) is 26.3. The molecule has 0 aliphatic heterocycles. The molecular formula is C86H130N2NiO8. The van der Waals surface area contributed by atoms with Crippen LogP contribution in [0.15, 0.2) is 82.8 Å². The molecular weight excluding hydrogens is 1250 g/mol. The van der Waals surface area contributed by atoms with Crippen molar-refractivity contribution in [3.63, 3.8) is 0 Å². The van der Waals surface area contributed by atoms with Gasteiger partial charge in [0.15, 0.2) is 23.0 Å². The fourth-order valence-electron chi connectivity index (χ4n) is 12.1. The third-order valence-corrected chi connectivity index (χ3v) is 18.1. The Morgan fingerprint density at radius 1 is 0.330 bits per heavy atom. The Balaban J connectivity index is 0.00000143. The molecule has 0 saturated heterocycles. The van der Waals surface area contributed by atoms with Crippen LogP contribution in [-0.2, 0) is 42.2 Å². The van der Waals surface area contributed by atoms with Gasteiger partial charge in [0.05, 0.1) is 34.7 Å². The fraction of sp³-hybridized carbons (Fsp3) is 0.628. The molecule has 0 heterocycles. The first kappa shape index (κ1) is 89.0. The minimum absolute atomic E-state index is 0. The summed E-state index contributed by atoms with van der Waals surface area (Å²) in [6.45, 7) is 12.7. The molecule has 0 aromatic heterocycles. The molecule has 0 atom stereocenters. The van der Waals surface area contributed by atoms with Gasteiger partial charge in [-0.15, -0.1) is 23.7 Å². The van der Waals surface area contributed by atoms with Gasteiger partial charge in [-0.3, -0.25) is 9.98 Å². The molecule has 0 aliphatic rings. The Morgan fingerprint density at radius 3 is 0.856 bits per heavy atom. The van der Waals surface area contributed by atoms with Gasteiger partial charge in [0.1, 0.15) is 0 Å². The van der Waals surface area contributed by atoms with Crippen LogP contribution in [0.4, 0.5) is 11.4 Å². The van der Waals surface area contributed by atoms with Crippen molar-refractivity contribution in [3.8, 4) is 46.7 Å². The Morgan fingerprint density at radius 2 is 0.588 bits per heavy atom. The van der Waals surface area contributed by atoms with Crippen molar-refractivity contribution >= 4 is 34.7 Å². The van der Waals surface area contributed by atoms with Crippen LogP contribution in [-0.4, -0.2) is 43.8 Å². The number of hydrogen-bond donors (Lipinski definition) is 4. The first-order valence-electron chi connectivity index (χ1n) is 38.6. The van der Waals surface area contributed by atoms with Crippen molar-refractivity contribution in [2.45, 2.75) is 350 Å². The maximum absolute atomic E-state index is 10.6. The largest absolute Gasteiger partial charge is 2.00 e. The molecule has 542 valence electrons. The number of hydrogen-bond acceptors (Lipinski definition) is 10. The molecule has 11 heteroatoms. The maximum Gasteiger partial charge on any atom is 2.00 e. The number of aliphatic imine (C=N–C) groups is 2. The van der Waals surface area contributed by atoms with E-state index >= 15 is 0 Å². The number of aromatic hydroxyl groups is 4. The van der Waals surface area contributed by atoms with Crippen molar-refractivity contribution in [1.82, 2.24) is 0 Å². The van der Waals surface area contributed by atoms with E-state index in [1.807, 2.05) is 0 Å². The summed E-state index contributed by atoms with van der Waals surface area (Å²) in [7, 11) is 0. The second kappa shape index (κ2) is 61.1. The van der Waals surface area contributed by atoms with Gasteiger partial charge >= 0.3 is 16.5 Å². The third kappa shape index (κ3) is 42.5. The van der Waals surface area contributed by atoms with Gasteiger partial charge in [0.25, 0.3) is 0 Å². The Kier molecular flexibility index (Phi) is 56.0. The number of carboxylic acid groups (broad SMARTS) is 2. The number of benzene rings is 4. The van der Waals surface area contributed by atoms with Gasteiger partial charge < -0.3 is 40.2 Å². The minimum Gasteiger partial charge on any atom is -0.545 e. The number of aryl methyl sites for hydroxylation is 4. The van der Waals surface area contributed by atoms with Crippen LogP contribution < -0.4 is 10.2 Å². The number of aromatic carboxylic acids is 2. The van der Waals surface area contributed by atoms with Gasteiger partial charge in [-0.05, 0) is 111 Å². The smallest absolute Gasteiger partial charge is 0.545 e. The number of carbonyl (C=O) groups excluding carboxylic acids is 2. The number of nitrogens with zero attached hydrogens (tertiary/aromatic N) is 2. The average molecular weight is 1380 g/mol. The number of phenols is 4. The Labute approximate surface area is 600 Å². The molecule has 97 heavy (non-hydrogen) atoms. The topological polar surface area (TPSA) is 186 Å². The normalized spacial score (nSPS) is 11.1. The van der Waals surface area contributed by atoms with Gasteiger partial charge in [-0.1, -0.05) is 308 Å². The molecule has 0 fully saturated rings. The third-order valence-electron chi connectivity index (χ3n) is 18.1. The summed E-state index contributed by atoms with van der Waals surface area (Å²) in [5.41, 5.74) is 7.33. The van der Waals surface area contributed by atoms with E-state index in [1.165, 1.54) is 254 Å². The summed E-state index contributed by atoms with van der Waals surface area (Å²) in [4.78, 5) is 32.1. The van der Waals surface area contributed by atoms with Gasteiger partial charge in [0.2, 0.25) is 0 Å². The first-order valence-corrected chi connectivity index (χ1v) is 38.6. The van der Waals surface area contributed by atoms with Crippen molar-refractivity contribution in [2.75, 3.05) is 0 Å². The predicted octanol–water partition coefficient (Wildman–Crippen LogP) is 22.9. The summed E-state index contributed by atoms with van der Waals surface area (Å²) in [5, 5.41) is 57.6. The van der Waals surface area contributed by atoms with E-state index in [0.717, 1.165) is 99.8 Å². The minimum atomic E-state index is -1.48. The summed E-state index contributed by atoms with van der Waals surface area (Å²) in [5.74, 6) is 8.93. The number of para-hydroxylation sites is 2. The maximum atomic E-state index is 10.6. The van der Waals surface area contributed by atoms with E-state index in [9.17, 15) is 30.0 Å². The monoisotopic (exact) mass is 1380 g/mol. The summed E-state index contributed by atoms with van der Waals surface area (Å²) in [6, 6.07) is 22.9. The second-order valence-electron chi connectivity index (χ2n) is 26.3. The molecule has 0 bridgehead atoms. The van der Waals surface area contributed by atoms with Gasteiger partial charge in [-0.2, -0.15) is 0 Å².